The van der Waals surface area contributed by atoms with Gasteiger partial charge in [0.05, 0.1) is 46.4 Å². The molecule has 3 unspecified atom stereocenters. The number of ether oxygens (including phenoxy) is 5. The first-order valence-electron chi connectivity index (χ1n) is 14.7. The van der Waals surface area contributed by atoms with Crippen LogP contribution in [-0.4, -0.2) is 64.3 Å². The van der Waals surface area contributed by atoms with Crippen molar-refractivity contribution in [3.8, 4) is 23.0 Å². The quantitative estimate of drug-likeness (QED) is 0.295. The summed E-state index contributed by atoms with van der Waals surface area (Å²) < 4.78 is 27.7. The van der Waals surface area contributed by atoms with Gasteiger partial charge in [-0.2, -0.15) is 0 Å². The molecule has 0 aromatic heterocycles. The number of anilines is 1. The lowest BCUT2D eigenvalue weighted by Gasteiger charge is -2.40. The third kappa shape index (κ3) is 6.15. The van der Waals surface area contributed by atoms with Gasteiger partial charge in [0.15, 0.2) is 6.61 Å². The average molecular weight is 603 g/mol. The molecule has 10 heteroatoms. The molecule has 0 bridgehead atoms. The molecule has 10 nitrogen and oxygen atoms in total. The predicted octanol–water partition coefficient (Wildman–Crippen LogP) is 5.11. The van der Waals surface area contributed by atoms with Crippen molar-refractivity contribution in [1.82, 2.24) is 4.90 Å². The highest BCUT2D eigenvalue weighted by Gasteiger charge is 2.44. The van der Waals surface area contributed by atoms with E-state index in [-0.39, 0.29) is 30.7 Å². The molecule has 44 heavy (non-hydrogen) atoms. The Kier molecular flexibility index (Phi) is 9.57. The number of benzene rings is 3. The number of hydrogen-bond acceptors (Lipinski definition) is 8. The van der Waals surface area contributed by atoms with Crippen LogP contribution in [0.5, 0.6) is 23.0 Å². The minimum Gasteiger partial charge on any atom is -0.497 e. The van der Waals surface area contributed by atoms with E-state index >= 15 is 0 Å². The van der Waals surface area contributed by atoms with E-state index in [0.29, 0.717) is 40.8 Å². The number of nitrogens with zero attached hydrogens (tertiary/aromatic N) is 2. The molecule has 2 saturated heterocycles. The van der Waals surface area contributed by atoms with Crippen LogP contribution in [0.2, 0.25) is 0 Å². The van der Waals surface area contributed by atoms with Crippen molar-refractivity contribution >= 4 is 23.5 Å². The number of para-hydroxylation sites is 1. The molecular weight excluding hydrogens is 564 g/mol. The molecule has 0 spiro atoms. The Morgan fingerprint density at radius 3 is 2.18 bits per heavy atom. The minimum absolute atomic E-state index is 0.127. The first kappa shape index (κ1) is 30.7. The van der Waals surface area contributed by atoms with Crippen LogP contribution in [0.15, 0.2) is 66.7 Å². The number of carbonyl (C=O) groups is 3. The number of carbonyl (C=O) groups excluding carboxylic acids is 3. The van der Waals surface area contributed by atoms with Gasteiger partial charge in [-0.1, -0.05) is 18.2 Å². The Balaban J connectivity index is 1.39. The smallest absolute Gasteiger partial charge is 0.311 e. The third-order valence-electron chi connectivity index (χ3n) is 8.42. The lowest BCUT2D eigenvalue weighted by atomic mass is 9.83. The molecule has 2 aliphatic heterocycles. The largest absolute Gasteiger partial charge is 0.497 e. The van der Waals surface area contributed by atoms with E-state index in [1.54, 1.807) is 68.6 Å². The first-order valence-corrected chi connectivity index (χ1v) is 14.7. The molecule has 0 aliphatic carbocycles. The van der Waals surface area contributed by atoms with Crippen molar-refractivity contribution in [1.29, 1.82) is 0 Å². The van der Waals surface area contributed by atoms with Gasteiger partial charge in [-0.3, -0.25) is 14.4 Å². The Morgan fingerprint density at radius 1 is 0.795 bits per heavy atom. The number of hydrogen-bond donors (Lipinski definition) is 0. The van der Waals surface area contributed by atoms with Crippen molar-refractivity contribution in [3.63, 3.8) is 0 Å². The second-order valence-corrected chi connectivity index (χ2v) is 10.8. The molecule has 232 valence electrons. The fourth-order valence-electron chi connectivity index (χ4n) is 6.26. The standard InChI is InChI=1S/C34H38N2O8/c1-40-23-13-11-22(12-14-23)36-31(37)18-16-26(33(36)25-8-5-6-10-29(25)42-3)34(39)44-21-32(38)35-19-7-9-28(35)27-20-24(41-2)15-17-30(27)43-4/h5-6,8,10-15,17,20,26,28,33H,7,9,16,18-19,21H2,1-4H3. The normalized spacial score (nSPS) is 19.8. The molecule has 2 fully saturated rings. The zero-order valence-electron chi connectivity index (χ0n) is 25.5. The molecule has 0 saturated carbocycles. The second kappa shape index (κ2) is 13.7. The molecule has 0 radical (unpaired) electrons. The monoisotopic (exact) mass is 602 g/mol. The summed E-state index contributed by atoms with van der Waals surface area (Å²) >= 11 is 0. The van der Waals surface area contributed by atoms with E-state index in [2.05, 4.69) is 0 Å². The lowest BCUT2D eigenvalue weighted by Crippen LogP contribution is -2.46. The van der Waals surface area contributed by atoms with Crippen LogP contribution in [0, 0.1) is 5.92 Å². The molecule has 3 aromatic carbocycles. The van der Waals surface area contributed by atoms with Gasteiger partial charge < -0.3 is 33.5 Å². The van der Waals surface area contributed by atoms with Crippen molar-refractivity contribution in [2.24, 2.45) is 5.92 Å². The number of esters is 1. The van der Waals surface area contributed by atoms with Gasteiger partial charge in [-0.05, 0) is 67.8 Å². The van der Waals surface area contributed by atoms with Gasteiger partial charge in [-0.25, -0.2) is 0 Å². The number of likely N-dealkylation sites (tertiary alicyclic amines) is 1. The molecular formula is C34H38N2O8. The van der Waals surface area contributed by atoms with Gasteiger partial charge in [-0.15, -0.1) is 0 Å². The van der Waals surface area contributed by atoms with Gasteiger partial charge >= 0.3 is 5.97 Å². The van der Waals surface area contributed by atoms with E-state index in [0.717, 1.165) is 18.4 Å². The highest BCUT2D eigenvalue weighted by molar-refractivity contribution is 5.97. The number of piperidine rings is 1. The van der Waals surface area contributed by atoms with Crippen molar-refractivity contribution in [3.05, 3.63) is 77.9 Å². The number of rotatable bonds is 10. The van der Waals surface area contributed by atoms with Gasteiger partial charge in [0.1, 0.15) is 23.0 Å². The van der Waals surface area contributed by atoms with Crippen molar-refractivity contribution < 1.29 is 38.1 Å². The minimum atomic E-state index is -0.730. The Bertz CT molecular complexity index is 1490. The van der Waals surface area contributed by atoms with Crippen LogP contribution >= 0.6 is 0 Å². The summed E-state index contributed by atoms with van der Waals surface area (Å²) in [5.74, 6) is 0.832. The maximum absolute atomic E-state index is 13.8. The molecule has 5 rings (SSSR count). The van der Waals surface area contributed by atoms with Crippen LogP contribution in [0.25, 0.3) is 0 Å². The third-order valence-corrected chi connectivity index (χ3v) is 8.42. The molecule has 0 N–H and O–H groups in total. The predicted molar refractivity (Wildman–Crippen MR) is 163 cm³/mol. The van der Waals surface area contributed by atoms with Crippen LogP contribution in [0.1, 0.15) is 48.9 Å². The van der Waals surface area contributed by atoms with Gasteiger partial charge in [0.2, 0.25) is 5.91 Å². The first-order chi connectivity index (χ1) is 21.4. The van der Waals surface area contributed by atoms with E-state index in [1.807, 2.05) is 36.4 Å². The highest BCUT2D eigenvalue weighted by Crippen LogP contribution is 2.44. The molecule has 2 aliphatic rings. The fourth-order valence-corrected chi connectivity index (χ4v) is 6.26. The van der Waals surface area contributed by atoms with Gasteiger partial charge in [0, 0.05) is 29.8 Å². The van der Waals surface area contributed by atoms with Crippen LogP contribution < -0.4 is 23.8 Å². The number of methoxy groups -OCH3 is 4. The van der Waals surface area contributed by atoms with Gasteiger partial charge in [0.25, 0.3) is 5.91 Å². The number of amides is 2. The van der Waals surface area contributed by atoms with Crippen LogP contribution in [0.3, 0.4) is 0 Å². The van der Waals surface area contributed by atoms with Crippen LogP contribution in [0.4, 0.5) is 5.69 Å². The van der Waals surface area contributed by atoms with Crippen LogP contribution in [-0.2, 0) is 19.1 Å². The maximum Gasteiger partial charge on any atom is 0.311 e. The zero-order valence-corrected chi connectivity index (χ0v) is 25.5. The summed E-state index contributed by atoms with van der Waals surface area (Å²) in [5, 5.41) is 0. The highest BCUT2D eigenvalue weighted by atomic mass is 16.5. The topological polar surface area (TPSA) is 104 Å². The molecule has 3 atom stereocenters. The van der Waals surface area contributed by atoms with E-state index < -0.39 is 24.5 Å². The Labute approximate surface area is 257 Å². The average Bonchev–Trinajstić information content (AvgIpc) is 3.56. The summed E-state index contributed by atoms with van der Waals surface area (Å²) in [6, 6.07) is 19.0. The Morgan fingerprint density at radius 2 is 1.48 bits per heavy atom. The van der Waals surface area contributed by atoms with E-state index in [4.69, 9.17) is 23.7 Å². The SMILES string of the molecule is COc1ccc(N2C(=O)CCC(C(=O)OCC(=O)N3CCCC3c3cc(OC)ccc3OC)C2c2ccccc2OC)cc1. The zero-order chi connectivity index (χ0) is 31.2. The maximum atomic E-state index is 13.8. The summed E-state index contributed by atoms with van der Waals surface area (Å²) in [7, 11) is 6.31. The summed E-state index contributed by atoms with van der Waals surface area (Å²) in [6.45, 7) is 0.127. The lowest BCUT2D eigenvalue weighted by molar-refractivity contribution is -0.157. The summed E-state index contributed by atoms with van der Waals surface area (Å²) in [4.78, 5) is 44.1. The summed E-state index contributed by atoms with van der Waals surface area (Å²) in [6.07, 6.45) is 1.98. The van der Waals surface area contributed by atoms with Crippen molar-refractivity contribution in [2.75, 3.05) is 46.5 Å². The second-order valence-electron chi connectivity index (χ2n) is 10.8. The van der Waals surface area contributed by atoms with E-state index in [9.17, 15) is 14.4 Å². The summed E-state index contributed by atoms with van der Waals surface area (Å²) in [5.41, 5.74) is 2.14. The fraction of sp³-hybridized carbons (Fsp3) is 0.382. The molecule has 2 heterocycles. The van der Waals surface area contributed by atoms with Crippen molar-refractivity contribution in [2.45, 2.75) is 37.8 Å². The molecule has 2 amide bonds. The van der Waals surface area contributed by atoms with E-state index in [1.165, 1.54) is 0 Å². The molecule has 3 aromatic rings. The Hall–Kier alpha value is -4.73.